The summed E-state index contributed by atoms with van der Waals surface area (Å²) in [5.74, 6) is 0.857. The van der Waals surface area contributed by atoms with Crippen molar-refractivity contribution in [1.29, 1.82) is 0 Å². The number of aromatic nitrogens is 4. The monoisotopic (exact) mass is 636 g/mol. The maximum absolute atomic E-state index is 14.1. The van der Waals surface area contributed by atoms with Gasteiger partial charge in [-0.2, -0.15) is 18.3 Å². The number of carbonyl (C=O) groups excluding carboxylic acids is 1. The number of aryl methyl sites for hydroxylation is 1. The molecule has 0 spiro atoms. The molecule has 6 rings (SSSR count). The van der Waals surface area contributed by atoms with Gasteiger partial charge in [-0.3, -0.25) is 14.9 Å². The molecule has 2 amide bonds. The number of fused-ring (bicyclic) bond motifs is 1. The molecule has 4 aromatic rings. The number of piperazine rings is 1. The Morgan fingerprint density at radius 3 is 2.50 bits per heavy atom. The molecule has 4 heterocycles. The van der Waals surface area contributed by atoms with Crippen LogP contribution < -0.4 is 21.3 Å². The van der Waals surface area contributed by atoms with Crippen LogP contribution in [0.25, 0.3) is 22.2 Å². The molecule has 46 heavy (non-hydrogen) atoms. The molecule has 0 bridgehead atoms. The molecule has 0 aliphatic carbocycles. The van der Waals surface area contributed by atoms with Crippen molar-refractivity contribution in [1.82, 2.24) is 34.9 Å². The minimum atomic E-state index is -4.57. The van der Waals surface area contributed by atoms with Crippen LogP contribution in [0.2, 0.25) is 0 Å². The van der Waals surface area contributed by atoms with Gasteiger partial charge in [0.25, 0.3) is 0 Å². The minimum Gasteiger partial charge on any atom is -0.351 e. The van der Waals surface area contributed by atoms with E-state index < -0.39 is 23.8 Å². The predicted octanol–water partition coefficient (Wildman–Crippen LogP) is 5.17. The van der Waals surface area contributed by atoms with Crippen LogP contribution >= 0.6 is 0 Å². The lowest BCUT2D eigenvalue weighted by molar-refractivity contribution is -0.138. The highest BCUT2D eigenvalue weighted by molar-refractivity contribution is 5.99. The van der Waals surface area contributed by atoms with Crippen molar-refractivity contribution in [3.05, 3.63) is 59.8 Å². The lowest BCUT2D eigenvalue weighted by atomic mass is 9.98. The normalized spacial score (nSPS) is 17.6. The van der Waals surface area contributed by atoms with Gasteiger partial charge in [0, 0.05) is 74.2 Å². The van der Waals surface area contributed by atoms with E-state index in [0.717, 1.165) is 67.2 Å². The lowest BCUT2D eigenvalue weighted by Gasteiger charge is -2.37. The van der Waals surface area contributed by atoms with Crippen molar-refractivity contribution in [3.63, 3.8) is 0 Å². The second kappa shape index (κ2) is 13.2. The Balaban J connectivity index is 1.13. The maximum atomic E-state index is 14.1. The number of nitrogens with zero attached hydrogens (tertiary/aromatic N) is 6. The highest BCUT2D eigenvalue weighted by Gasteiger charge is 2.36. The fourth-order valence-corrected chi connectivity index (χ4v) is 6.14. The number of hydrogen-bond acceptors (Lipinski definition) is 8. The number of rotatable bonds is 7. The molecular formula is C32H39F3N10O. The predicted molar refractivity (Wildman–Crippen MR) is 173 cm³/mol. The van der Waals surface area contributed by atoms with E-state index in [0.29, 0.717) is 25.1 Å². The fraction of sp³-hybridized carbons (Fsp3) is 0.438. The number of carbonyl (C=O) groups is 1. The van der Waals surface area contributed by atoms with Gasteiger partial charge < -0.3 is 20.9 Å². The second-order valence-electron chi connectivity index (χ2n) is 12.1. The SMILES string of the molecule is CC(c1ccc(NC(=O)Nc2cc(-c3ccc4nc(NC5CCNCC5)ncc4c3)n(C)n2)cc1C(F)(F)F)N1CCN(C)CC1. The molecule has 2 saturated heterocycles. The smallest absolute Gasteiger partial charge is 0.351 e. The number of amides is 2. The Morgan fingerprint density at radius 1 is 1.00 bits per heavy atom. The molecule has 2 fully saturated rings. The highest BCUT2D eigenvalue weighted by atomic mass is 19.4. The summed E-state index contributed by atoms with van der Waals surface area (Å²) in [6, 6.07) is 10.7. The largest absolute Gasteiger partial charge is 0.416 e. The van der Waals surface area contributed by atoms with E-state index in [2.05, 4.69) is 46.1 Å². The van der Waals surface area contributed by atoms with Crippen LogP contribution in [-0.4, -0.2) is 87.9 Å². The van der Waals surface area contributed by atoms with Crippen LogP contribution in [0.15, 0.2) is 48.7 Å². The topological polar surface area (TPSA) is 115 Å². The molecule has 244 valence electrons. The zero-order valence-electron chi connectivity index (χ0n) is 26.2. The third kappa shape index (κ3) is 7.24. The van der Waals surface area contributed by atoms with Gasteiger partial charge in [0.2, 0.25) is 5.95 Å². The number of benzene rings is 2. The Labute approximate surface area is 265 Å². The summed E-state index contributed by atoms with van der Waals surface area (Å²) < 4.78 is 44.1. The summed E-state index contributed by atoms with van der Waals surface area (Å²) >= 11 is 0. The average molecular weight is 637 g/mol. The molecule has 4 N–H and O–H groups in total. The molecule has 1 unspecified atom stereocenters. The minimum absolute atomic E-state index is 0.0406. The fourth-order valence-electron chi connectivity index (χ4n) is 6.14. The van der Waals surface area contributed by atoms with Gasteiger partial charge in [-0.05, 0) is 69.7 Å². The second-order valence-corrected chi connectivity index (χ2v) is 12.1. The third-order valence-corrected chi connectivity index (χ3v) is 8.82. The van der Waals surface area contributed by atoms with E-state index in [9.17, 15) is 18.0 Å². The molecule has 14 heteroatoms. The first-order valence-corrected chi connectivity index (χ1v) is 15.5. The van der Waals surface area contributed by atoms with Gasteiger partial charge >= 0.3 is 12.2 Å². The van der Waals surface area contributed by atoms with Crippen LogP contribution in [0, 0.1) is 0 Å². The number of hydrogen-bond donors (Lipinski definition) is 4. The molecule has 2 aromatic carbocycles. The zero-order chi connectivity index (χ0) is 32.4. The number of halogens is 3. The van der Waals surface area contributed by atoms with E-state index in [1.807, 2.05) is 25.2 Å². The maximum Gasteiger partial charge on any atom is 0.416 e. The number of urea groups is 1. The highest BCUT2D eigenvalue weighted by Crippen LogP contribution is 2.38. The average Bonchev–Trinajstić information content (AvgIpc) is 3.40. The van der Waals surface area contributed by atoms with Crippen molar-refractivity contribution >= 4 is 34.4 Å². The number of anilines is 3. The first kappa shape index (κ1) is 31.7. The standard InChI is InChI=1S/C32H39F3N10O/c1-20(45-14-12-43(2)13-15-45)25-6-5-24(17-26(25)32(33,34)35)39-31(46)41-29-18-28(44(3)42-29)21-4-7-27-22(16-21)19-37-30(40-27)38-23-8-10-36-11-9-23/h4-7,16-20,23,36H,8-15H2,1-3H3,(H,37,38,40)(H2,39,41,42,46). The molecule has 2 aliphatic rings. The van der Waals surface area contributed by atoms with Gasteiger partial charge in [-0.1, -0.05) is 12.1 Å². The number of alkyl halides is 3. The van der Waals surface area contributed by atoms with E-state index in [4.69, 9.17) is 0 Å². The molecule has 1 atom stereocenters. The van der Waals surface area contributed by atoms with Crippen LogP contribution in [-0.2, 0) is 13.2 Å². The quantitative estimate of drug-likeness (QED) is 0.220. The summed E-state index contributed by atoms with van der Waals surface area (Å²) in [6.45, 7) is 6.71. The van der Waals surface area contributed by atoms with Gasteiger partial charge in [-0.25, -0.2) is 14.8 Å². The molecule has 2 aromatic heterocycles. The molecular weight excluding hydrogens is 597 g/mol. The van der Waals surface area contributed by atoms with Crippen LogP contribution in [0.4, 0.5) is 35.4 Å². The van der Waals surface area contributed by atoms with Gasteiger partial charge in [-0.15, -0.1) is 0 Å². The summed E-state index contributed by atoms with van der Waals surface area (Å²) in [5, 5.41) is 17.2. The molecule has 11 nitrogen and oxygen atoms in total. The lowest BCUT2D eigenvalue weighted by Crippen LogP contribution is -2.45. The van der Waals surface area contributed by atoms with Crippen molar-refractivity contribution in [2.45, 2.75) is 38.0 Å². The van der Waals surface area contributed by atoms with Gasteiger partial charge in [0.15, 0.2) is 5.82 Å². The Kier molecular flexibility index (Phi) is 9.11. The Morgan fingerprint density at radius 2 is 1.76 bits per heavy atom. The van der Waals surface area contributed by atoms with Crippen LogP contribution in [0.5, 0.6) is 0 Å². The Bertz CT molecular complexity index is 1690. The number of piperidine rings is 1. The Hall–Kier alpha value is -4.27. The molecule has 0 radical (unpaired) electrons. The third-order valence-electron chi connectivity index (χ3n) is 8.82. The summed E-state index contributed by atoms with van der Waals surface area (Å²) in [6.07, 6.45) is -0.750. The summed E-state index contributed by atoms with van der Waals surface area (Å²) in [7, 11) is 3.75. The zero-order valence-corrected chi connectivity index (χ0v) is 26.2. The van der Waals surface area contributed by atoms with Gasteiger partial charge in [0.05, 0.1) is 16.8 Å². The first-order valence-electron chi connectivity index (χ1n) is 15.5. The van der Waals surface area contributed by atoms with E-state index >= 15 is 0 Å². The van der Waals surface area contributed by atoms with Crippen LogP contribution in [0.1, 0.15) is 36.9 Å². The van der Waals surface area contributed by atoms with Crippen molar-refractivity contribution in [2.75, 3.05) is 62.3 Å². The van der Waals surface area contributed by atoms with Gasteiger partial charge in [0.1, 0.15) is 0 Å². The van der Waals surface area contributed by atoms with Crippen LogP contribution in [0.3, 0.4) is 0 Å². The number of nitrogens with one attached hydrogen (secondary N) is 4. The van der Waals surface area contributed by atoms with Crippen molar-refractivity contribution < 1.29 is 18.0 Å². The summed E-state index contributed by atoms with van der Waals surface area (Å²) in [5.41, 5.74) is 1.85. The van der Waals surface area contributed by atoms with E-state index in [1.54, 1.807) is 30.9 Å². The first-order chi connectivity index (χ1) is 22.0. The molecule has 2 aliphatic heterocycles. The van der Waals surface area contributed by atoms with E-state index in [-0.39, 0.29) is 17.1 Å². The number of likely N-dealkylation sites (N-methyl/N-ethyl adjacent to an activating group) is 1. The van der Waals surface area contributed by atoms with Crippen molar-refractivity contribution in [3.8, 4) is 11.3 Å². The van der Waals surface area contributed by atoms with E-state index in [1.165, 1.54) is 12.1 Å². The summed E-state index contributed by atoms with van der Waals surface area (Å²) in [4.78, 5) is 26.2. The van der Waals surface area contributed by atoms with Crippen molar-refractivity contribution in [2.24, 2.45) is 7.05 Å². The molecule has 0 saturated carbocycles.